The van der Waals surface area contributed by atoms with Crippen molar-refractivity contribution >= 4 is 11.9 Å². The van der Waals surface area contributed by atoms with Crippen molar-refractivity contribution < 1.29 is 4.74 Å². The molecule has 3 N–H and O–H groups in total. The van der Waals surface area contributed by atoms with Crippen molar-refractivity contribution in [2.75, 3.05) is 17.7 Å². The maximum absolute atomic E-state index is 5.73. The number of aryl methyl sites for hydroxylation is 1. The summed E-state index contributed by atoms with van der Waals surface area (Å²) in [6.07, 6.45) is 0.886. The van der Waals surface area contributed by atoms with E-state index < -0.39 is 0 Å². The Morgan fingerprint density at radius 2 is 1.95 bits per heavy atom. The van der Waals surface area contributed by atoms with E-state index in [1.54, 1.807) is 6.92 Å². The molecule has 2 aromatic rings. The van der Waals surface area contributed by atoms with E-state index in [1.807, 2.05) is 30.3 Å². The van der Waals surface area contributed by atoms with Crippen LogP contribution in [-0.2, 0) is 0 Å². The molecule has 6 heteroatoms. The van der Waals surface area contributed by atoms with Gasteiger partial charge in [0.1, 0.15) is 18.2 Å². The molecule has 0 amide bonds. The number of rotatable bonds is 6. The van der Waals surface area contributed by atoms with Crippen LogP contribution in [-0.4, -0.2) is 27.6 Å². The number of ether oxygens (including phenoxy) is 1. The fraction of sp³-hybridized carbons (Fsp3) is 0.357. The summed E-state index contributed by atoms with van der Waals surface area (Å²) in [5, 5.41) is 3.21. The highest BCUT2D eigenvalue weighted by Crippen LogP contribution is 2.11. The van der Waals surface area contributed by atoms with Crippen LogP contribution in [0, 0.1) is 6.92 Å². The smallest absolute Gasteiger partial charge is 0.228 e. The molecule has 0 bridgehead atoms. The van der Waals surface area contributed by atoms with E-state index in [0.717, 1.165) is 12.2 Å². The minimum absolute atomic E-state index is 0.108. The Labute approximate surface area is 118 Å². The second-order valence-corrected chi connectivity index (χ2v) is 4.44. The summed E-state index contributed by atoms with van der Waals surface area (Å²) in [6, 6.07) is 9.81. The Morgan fingerprint density at radius 1 is 1.20 bits per heavy atom. The summed E-state index contributed by atoms with van der Waals surface area (Å²) < 4.78 is 5.73. The highest BCUT2D eigenvalue weighted by atomic mass is 16.5. The largest absolute Gasteiger partial charge is 0.491 e. The van der Waals surface area contributed by atoms with Gasteiger partial charge in [0, 0.05) is 0 Å². The normalized spacial score (nSPS) is 11.9. The number of nitrogens with two attached hydrogens (primary N) is 1. The van der Waals surface area contributed by atoms with Gasteiger partial charge >= 0.3 is 0 Å². The third-order valence-corrected chi connectivity index (χ3v) is 2.78. The summed E-state index contributed by atoms with van der Waals surface area (Å²) in [4.78, 5) is 12.2. The molecule has 0 saturated carbocycles. The Hall–Kier alpha value is -2.37. The van der Waals surface area contributed by atoms with Crippen molar-refractivity contribution in [2.24, 2.45) is 0 Å². The second-order valence-electron chi connectivity index (χ2n) is 4.44. The fourth-order valence-corrected chi connectivity index (χ4v) is 1.72. The lowest BCUT2D eigenvalue weighted by Gasteiger charge is -2.17. The Morgan fingerprint density at radius 3 is 2.60 bits per heavy atom. The molecule has 0 spiro atoms. The van der Waals surface area contributed by atoms with Gasteiger partial charge in [-0.25, -0.2) is 0 Å². The minimum atomic E-state index is 0.108. The number of nitrogens with one attached hydrogen (secondary N) is 1. The van der Waals surface area contributed by atoms with Crippen LogP contribution >= 0.6 is 0 Å². The van der Waals surface area contributed by atoms with E-state index in [1.165, 1.54) is 0 Å². The fourth-order valence-electron chi connectivity index (χ4n) is 1.72. The molecule has 106 valence electrons. The quantitative estimate of drug-likeness (QED) is 0.837. The van der Waals surface area contributed by atoms with Crippen LogP contribution in [0.15, 0.2) is 30.3 Å². The summed E-state index contributed by atoms with van der Waals surface area (Å²) >= 11 is 0. The van der Waals surface area contributed by atoms with Crippen molar-refractivity contribution in [1.29, 1.82) is 0 Å². The lowest BCUT2D eigenvalue weighted by Crippen LogP contribution is -2.27. The Kier molecular flexibility index (Phi) is 4.70. The maximum atomic E-state index is 5.73. The average molecular weight is 273 g/mol. The summed E-state index contributed by atoms with van der Waals surface area (Å²) in [6.45, 7) is 4.39. The van der Waals surface area contributed by atoms with Gasteiger partial charge in [-0.1, -0.05) is 25.1 Å². The molecule has 0 saturated heterocycles. The summed E-state index contributed by atoms with van der Waals surface area (Å²) in [5.74, 6) is 2.15. The zero-order valence-electron chi connectivity index (χ0n) is 11.7. The van der Waals surface area contributed by atoms with E-state index >= 15 is 0 Å². The highest BCUT2D eigenvalue weighted by molar-refractivity contribution is 5.32. The van der Waals surface area contributed by atoms with Gasteiger partial charge in [0.2, 0.25) is 11.9 Å². The molecule has 0 aliphatic rings. The van der Waals surface area contributed by atoms with Gasteiger partial charge in [0.15, 0.2) is 0 Å². The number of hydrogen-bond donors (Lipinski definition) is 2. The monoisotopic (exact) mass is 273 g/mol. The Balaban J connectivity index is 1.95. The third-order valence-electron chi connectivity index (χ3n) is 2.78. The second kappa shape index (κ2) is 6.70. The predicted octanol–water partition coefficient (Wildman–Crippen LogP) is 2.03. The van der Waals surface area contributed by atoms with Crippen molar-refractivity contribution in [3.63, 3.8) is 0 Å². The zero-order chi connectivity index (χ0) is 14.4. The number of hydrogen-bond acceptors (Lipinski definition) is 6. The topological polar surface area (TPSA) is 86.0 Å². The first-order valence-corrected chi connectivity index (χ1v) is 6.60. The number of benzene rings is 1. The van der Waals surface area contributed by atoms with Gasteiger partial charge < -0.3 is 15.8 Å². The van der Waals surface area contributed by atoms with E-state index in [4.69, 9.17) is 10.5 Å². The average Bonchev–Trinajstić information content (AvgIpc) is 2.43. The highest BCUT2D eigenvalue weighted by Gasteiger charge is 2.10. The molecule has 1 aromatic heterocycles. The molecule has 6 nitrogen and oxygen atoms in total. The summed E-state index contributed by atoms with van der Waals surface area (Å²) in [5.41, 5.74) is 5.61. The maximum Gasteiger partial charge on any atom is 0.228 e. The third kappa shape index (κ3) is 4.08. The van der Waals surface area contributed by atoms with Crippen LogP contribution in [0.2, 0.25) is 0 Å². The van der Waals surface area contributed by atoms with Crippen LogP contribution in [0.3, 0.4) is 0 Å². The number of nitrogen functional groups attached to an aromatic ring is 1. The molecular formula is C14H19N5O. The molecule has 0 aliphatic heterocycles. The van der Waals surface area contributed by atoms with Gasteiger partial charge in [-0.3, -0.25) is 0 Å². The summed E-state index contributed by atoms with van der Waals surface area (Å²) in [7, 11) is 0. The first-order valence-electron chi connectivity index (χ1n) is 6.60. The standard InChI is InChI=1S/C14H19N5O/c1-3-11(9-20-12-7-5-4-6-8-12)18-14-17-10(2)16-13(15)19-14/h4-8,11H,3,9H2,1-2H3,(H3,15,16,17,18,19). The lowest BCUT2D eigenvalue weighted by molar-refractivity contribution is 0.293. The van der Waals surface area contributed by atoms with Crippen LogP contribution in [0.4, 0.5) is 11.9 Å². The number of aromatic nitrogens is 3. The molecule has 0 fully saturated rings. The Bertz CT molecular complexity index is 526. The van der Waals surface area contributed by atoms with E-state index in [-0.39, 0.29) is 12.0 Å². The van der Waals surface area contributed by atoms with Gasteiger partial charge in [-0.2, -0.15) is 15.0 Å². The van der Waals surface area contributed by atoms with Gasteiger partial charge in [0.05, 0.1) is 6.04 Å². The van der Waals surface area contributed by atoms with Gasteiger partial charge in [-0.15, -0.1) is 0 Å². The molecule has 1 heterocycles. The van der Waals surface area contributed by atoms with Crippen LogP contribution in [0.25, 0.3) is 0 Å². The SMILES string of the molecule is CCC(COc1ccccc1)Nc1nc(C)nc(N)n1. The number of para-hydroxylation sites is 1. The van der Waals surface area contributed by atoms with Crippen molar-refractivity contribution in [3.8, 4) is 5.75 Å². The first-order chi connectivity index (χ1) is 9.67. The van der Waals surface area contributed by atoms with Gasteiger partial charge in [0.25, 0.3) is 0 Å². The first kappa shape index (κ1) is 14.0. The van der Waals surface area contributed by atoms with Crippen LogP contribution < -0.4 is 15.8 Å². The van der Waals surface area contributed by atoms with Crippen molar-refractivity contribution in [1.82, 2.24) is 15.0 Å². The molecule has 1 unspecified atom stereocenters. The molecule has 2 rings (SSSR count). The lowest BCUT2D eigenvalue weighted by atomic mass is 10.2. The van der Waals surface area contributed by atoms with Gasteiger partial charge in [-0.05, 0) is 25.5 Å². The molecule has 0 radical (unpaired) electrons. The number of nitrogens with zero attached hydrogens (tertiary/aromatic N) is 3. The van der Waals surface area contributed by atoms with E-state index in [0.29, 0.717) is 18.4 Å². The van der Waals surface area contributed by atoms with Crippen molar-refractivity contribution in [3.05, 3.63) is 36.2 Å². The van der Waals surface area contributed by atoms with E-state index in [2.05, 4.69) is 27.2 Å². The number of anilines is 2. The van der Waals surface area contributed by atoms with Crippen LogP contribution in [0.1, 0.15) is 19.2 Å². The van der Waals surface area contributed by atoms with Crippen LogP contribution in [0.5, 0.6) is 5.75 Å². The molecule has 20 heavy (non-hydrogen) atoms. The molecule has 0 aliphatic carbocycles. The van der Waals surface area contributed by atoms with E-state index in [9.17, 15) is 0 Å². The molecular weight excluding hydrogens is 254 g/mol. The minimum Gasteiger partial charge on any atom is -0.491 e. The van der Waals surface area contributed by atoms with Crippen molar-refractivity contribution in [2.45, 2.75) is 26.3 Å². The predicted molar refractivity (Wildman–Crippen MR) is 78.6 cm³/mol. The molecule has 1 aromatic carbocycles. The molecule has 1 atom stereocenters. The zero-order valence-corrected chi connectivity index (χ0v) is 11.7.